The molecule has 1 heterocycles. The first-order chi connectivity index (χ1) is 12.2. The summed E-state index contributed by atoms with van der Waals surface area (Å²) in [6, 6.07) is 3.19. The van der Waals surface area contributed by atoms with Crippen molar-refractivity contribution in [3.63, 3.8) is 0 Å². The molecule has 2 aliphatic rings. The third-order valence-electron chi connectivity index (χ3n) is 4.97. The maximum absolute atomic E-state index is 12.5. The van der Waals surface area contributed by atoms with E-state index in [2.05, 4.69) is 9.71 Å². The van der Waals surface area contributed by atoms with Gasteiger partial charge in [0.15, 0.2) is 0 Å². The zero-order valence-corrected chi connectivity index (χ0v) is 15.9. The van der Waals surface area contributed by atoms with Crippen LogP contribution in [0.4, 0.5) is 5.82 Å². The lowest BCUT2D eigenvalue weighted by molar-refractivity contribution is -0.139. The van der Waals surface area contributed by atoms with Crippen molar-refractivity contribution < 1.29 is 18.3 Å². The number of nitrogens with zero attached hydrogens (tertiary/aromatic N) is 3. The standard InChI is InChI=1S/C17H26N4O4S/c1-20(2)16-6-5-15(9-18-16)26(24,25)19-13-7-14(8-13)21(11-17(22)23)10-12-3-4-12/h5-6,9,12-14,19H,3-4,7-8,10-11H2,1-2H3,(H,22,23). The predicted molar refractivity (Wildman–Crippen MR) is 97.6 cm³/mol. The lowest BCUT2D eigenvalue weighted by atomic mass is 9.86. The van der Waals surface area contributed by atoms with Gasteiger partial charge >= 0.3 is 5.97 Å². The van der Waals surface area contributed by atoms with Gasteiger partial charge < -0.3 is 10.0 Å². The molecule has 2 saturated carbocycles. The van der Waals surface area contributed by atoms with Gasteiger partial charge in [-0.2, -0.15) is 0 Å². The Morgan fingerprint density at radius 2 is 2.00 bits per heavy atom. The van der Waals surface area contributed by atoms with E-state index in [0.717, 1.165) is 19.4 Å². The fourth-order valence-corrected chi connectivity index (χ4v) is 4.42. The number of hydrogen-bond acceptors (Lipinski definition) is 6. The molecular weight excluding hydrogens is 356 g/mol. The maximum Gasteiger partial charge on any atom is 0.317 e. The molecule has 0 aromatic carbocycles. The lowest BCUT2D eigenvalue weighted by Crippen LogP contribution is -2.55. The van der Waals surface area contributed by atoms with Crippen molar-refractivity contribution in [3.8, 4) is 0 Å². The van der Waals surface area contributed by atoms with E-state index in [9.17, 15) is 13.2 Å². The lowest BCUT2D eigenvalue weighted by Gasteiger charge is -2.42. The Kier molecular flexibility index (Phi) is 5.50. The third kappa shape index (κ3) is 4.72. The number of aliphatic carboxylic acids is 1. The Balaban J connectivity index is 1.55. The fraction of sp³-hybridized carbons (Fsp3) is 0.647. The molecule has 144 valence electrons. The Morgan fingerprint density at radius 1 is 1.31 bits per heavy atom. The summed E-state index contributed by atoms with van der Waals surface area (Å²) in [6.07, 6.45) is 4.96. The highest BCUT2D eigenvalue weighted by Crippen LogP contribution is 2.34. The number of sulfonamides is 1. The number of aromatic nitrogens is 1. The van der Waals surface area contributed by atoms with Crippen molar-refractivity contribution in [1.29, 1.82) is 0 Å². The Labute approximate surface area is 154 Å². The number of carbonyl (C=O) groups is 1. The van der Waals surface area contributed by atoms with Gasteiger partial charge in [-0.1, -0.05) is 0 Å². The molecule has 0 unspecified atom stereocenters. The Morgan fingerprint density at radius 3 is 2.50 bits per heavy atom. The molecule has 0 spiro atoms. The van der Waals surface area contributed by atoms with Crippen LogP contribution in [0.1, 0.15) is 25.7 Å². The van der Waals surface area contributed by atoms with Gasteiger partial charge in [-0.25, -0.2) is 18.1 Å². The Bertz CT molecular complexity index is 741. The van der Waals surface area contributed by atoms with Crippen LogP contribution in [0.2, 0.25) is 0 Å². The first kappa shape index (κ1) is 19.1. The van der Waals surface area contributed by atoms with Crippen molar-refractivity contribution in [2.45, 2.75) is 42.7 Å². The largest absolute Gasteiger partial charge is 0.480 e. The normalized spacial score (nSPS) is 22.9. The quantitative estimate of drug-likeness (QED) is 0.650. The molecule has 2 fully saturated rings. The number of carboxylic acid groups (broad SMARTS) is 1. The number of nitrogens with one attached hydrogen (secondary N) is 1. The minimum Gasteiger partial charge on any atom is -0.480 e. The Hall–Kier alpha value is -1.71. The zero-order valence-electron chi connectivity index (χ0n) is 15.1. The van der Waals surface area contributed by atoms with Gasteiger partial charge in [-0.05, 0) is 43.7 Å². The van der Waals surface area contributed by atoms with Crippen molar-refractivity contribution >= 4 is 21.8 Å². The van der Waals surface area contributed by atoms with Crippen LogP contribution in [0.3, 0.4) is 0 Å². The van der Waals surface area contributed by atoms with Crippen LogP contribution >= 0.6 is 0 Å². The molecule has 26 heavy (non-hydrogen) atoms. The predicted octanol–water partition coefficient (Wildman–Crippen LogP) is 0.754. The van der Waals surface area contributed by atoms with Crippen molar-refractivity contribution in [2.24, 2.45) is 5.92 Å². The molecule has 0 saturated heterocycles. The molecule has 2 N–H and O–H groups in total. The van der Waals surface area contributed by atoms with Gasteiger partial charge in [0, 0.05) is 38.9 Å². The summed E-state index contributed by atoms with van der Waals surface area (Å²) in [5, 5.41) is 9.08. The number of pyridine rings is 1. The zero-order chi connectivity index (χ0) is 18.9. The highest BCUT2D eigenvalue weighted by atomic mass is 32.2. The van der Waals surface area contributed by atoms with Crippen LogP contribution in [-0.4, -0.2) is 68.6 Å². The second kappa shape index (κ2) is 7.50. The van der Waals surface area contributed by atoms with E-state index in [1.165, 1.54) is 6.20 Å². The van der Waals surface area contributed by atoms with Gasteiger partial charge in [0.25, 0.3) is 0 Å². The summed E-state index contributed by atoms with van der Waals surface area (Å²) in [5.74, 6) is 0.463. The monoisotopic (exact) mass is 382 g/mol. The number of carboxylic acids is 1. The minimum absolute atomic E-state index is 0.0244. The molecule has 1 aromatic heterocycles. The van der Waals surface area contributed by atoms with E-state index in [1.54, 1.807) is 17.0 Å². The van der Waals surface area contributed by atoms with E-state index >= 15 is 0 Å². The van der Waals surface area contributed by atoms with Gasteiger partial charge in [-0.15, -0.1) is 0 Å². The van der Waals surface area contributed by atoms with Crippen LogP contribution in [0, 0.1) is 5.92 Å². The molecule has 0 bridgehead atoms. The van der Waals surface area contributed by atoms with Crippen LogP contribution < -0.4 is 9.62 Å². The summed E-state index contributed by atoms with van der Waals surface area (Å²) >= 11 is 0. The highest BCUT2D eigenvalue weighted by Gasteiger charge is 2.38. The van der Waals surface area contributed by atoms with E-state index in [4.69, 9.17) is 5.11 Å². The van der Waals surface area contributed by atoms with Gasteiger partial charge in [0.05, 0.1) is 6.54 Å². The number of hydrogen-bond donors (Lipinski definition) is 2. The molecule has 0 atom stereocenters. The molecule has 2 aliphatic carbocycles. The highest BCUT2D eigenvalue weighted by molar-refractivity contribution is 7.89. The molecule has 9 heteroatoms. The van der Waals surface area contributed by atoms with Gasteiger partial charge in [0.2, 0.25) is 10.0 Å². The topological polar surface area (TPSA) is 103 Å². The van der Waals surface area contributed by atoms with Crippen LogP contribution in [0.25, 0.3) is 0 Å². The number of rotatable bonds is 9. The van der Waals surface area contributed by atoms with E-state index in [-0.39, 0.29) is 23.5 Å². The molecule has 0 radical (unpaired) electrons. The second-order valence-corrected chi connectivity index (χ2v) is 9.17. The van der Waals surface area contributed by atoms with Gasteiger partial charge in [-0.3, -0.25) is 9.69 Å². The smallest absolute Gasteiger partial charge is 0.317 e. The minimum atomic E-state index is -3.61. The summed E-state index contributed by atoms with van der Waals surface area (Å²) in [7, 11) is 0.0705. The first-order valence-electron chi connectivity index (χ1n) is 8.86. The summed E-state index contributed by atoms with van der Waals surface area (Å²) < 4.78 is 27.7. The van der Waals surface area contributed by atoms with E-state index in [0.29, 0.717) is 24.6 Å². The maximum atomic E-state index is 12.5. The van der Waals surface area contributed by atoms with Crippen LogP contribution in [0.15, 0.2) is 23.2 Å². The van der Waals surface area contributed by atoms with E-state index in [1.807, 2.05) is 19.0 Å². The first-order valence-corrected chi connectivity index (χ1v) is 10.3. The molecule has 8 nitrogen and oxygen atoms in total. The molecule has 0 aliphatic heterocycles. The molecular formula is C17H26N4O4S. The molecule has 3 rings (SSSR count). The molecule has 0 amide bonds. The number of anilines is 1. The summed E-state index contributed by atoms with van der Waals surface area (Å²) in [4.78, 5) is 19.1. The fourth-order valence-electron chi connectivity index (χ4n) is 3.21. The third-order valence-corrected chi connectivity index (χ3v) is 6.47. The average molecular weight is 382 g/mol. The second-order valence-electron chi connectivity index (χ2n) is 7.46. The van der Waals surface area contributed by atoms with Crippen molar-refractivity contribution in [2.75, 3.05) is 32.1 Å². The SMILES string of the molecule is CN(C)c1ccc(S(=O)(=O)NC2CC(N(CC(=O)O)CC3CC3)C2)cn1. The average Bonchev–Trinajstić information content (AvgIpc) is 3.33. The summed E-state index contributed by atoms with van der Waals surface area (Å²) in [6.45, 7) is 0.822. The molecule has 1 aromatic rings. The van der Waals surface area contributed by atoms with Crippen LogP contribution in [-0.2, 0) is 14.8 Å². The van der Waals surface area contributed by atoms with E-state index < -0.39 is 16.0 Å². The van der Waals surface area contributed by atoms with Crippen molar-refractivity contribution in [1.82, 2.24) is 14.6 Å². The van der Waals surface area contributed by atoms with Gasteiger partial charge in [0.1, 0.15) is 10.7 Å². The van der Waals surface area contributed by atoms with Crippen molar-refractivity contribution in [3.05, 3.63) is 18.3 Å². The van der Waals surface area contributed by atoms with Crippen LogP contribution in [0.5, 0.6) is 0 Å². The summed E-state index contributed by atoms with van der Waals surface area (Å²) in [5.41, 5.74) is 0.